The molecule has 1 aromatic rings. The van der Waals surface area contributed by atoms with Crippen molar-refractivity contribution in [1.82, 2.24) is 5.32 Å². The number of aliphatic carboxylic acids is 1. The molecule has 0 heterocycles. The largest absolute Gasteiger partial charge is 0.479 e. The van der Waals surface area contributed by atoms with Crippen LogP contribution in [-0.4, -0.2) is 40.5 Å². The molecule has 1 amide bonds. The number of benzene rings is 1. The standard InChI is InChI=1S/C13H17NO4S/c1-8-4-5-9(19-3)6-10(8)11(15)14-7-13(2,18)12(16)17/h4-6,18H,7H2,1-3H3,(H,14,15)(H,16,17). The van der Waals surface area contributed by atoms with E-state index in [1.807, 2.05) is 18.4 Å². The maximum Gasteiger partial charge on any atom is 0.337 e. The third kappa shape index (κ3) is 3.97. The number of amides is 1. The zero-order chi connectivity index (χ0) is 14.6. The normalized spacial score (nSPS) is 13.7. The van der Waals surface area contributed by atoms with E-state index < -0.39 is 17.5 Å². The van der Waals surface area contributed by atoms with E-state index in [1.54, 1.807) is 13.0 Å². The molecule has 0 aliphatic heterocycles. The molecule has 6 heteroatoms. The van der Waals surface area contributed by atoms with E-state index in [0.29, 0.717) is 5.56 Å². The van der Waals surface area contributed by atoms with Gasteiger partial charge in [0.25, 0.3) is 5.91 Å². The Hall–Kier alpha value is -1.53. The lowest BCUT2D eigenvalue weighted by Crippen LogP contribution is -2.46. The van der Waals surface area contributed by atoms with Gasteiger partial charge in [-0.25, -0.2) is 4.79 Å². The number of carbonyl (C=O) groups is 2. The number of aryl methyl sites for hydroxylation is 1. The molecule has 0 radical (unpaired) electrons. The molecular weight excluding hydrogens is 266 g/mol. The lowest BCUT2D eigenvalue weighted by Gasteiger charge is -2.18. The van der Waals surface area contributed by atoms with Crippen LogP contribution in [0.3, 0.4) is 0 Å². The van der Waals surface area contributed by atoms with Crippen molar-refractivity contribution in [3.05, 3.63) is 29.3 Å². The molecule has 1 aromatic carbocycles. The summed E-state index contributed by atoms with van der Waals surface area (Å²) in [7, 11) is 0. The highest BCUT2D eigenvalue weighted by Crippen LogP contribution is 2.19. The monoisotopic (exact) mass is 283 g/mol. The van der Waals surface area contributed by atoms with Crippen molar-refractivity contribution in [2.75, 3.05) is 12.8 Å². The van der Waals surface area contributed by atoms with Crippen molar-refractivity contribution < 1.29 is 19.8 Å². The molecular formula is C13H17NO4S. The quantitative estimate of drug-likeness (QED) is 0.709. The average Bonchev–Trinajstić information content (AvgIpc) is 2.36. The summed E-state index contributed by atoms with van der Waals surface area (Å²) in [6, 6.07) is 5.48. The highest BCUT2D eigenvalue weighted by Gasteiger charge is 2.30. The van der Waals surface area contributed by atoms with Crippen molar-refractivity contribution in [3.8, 4) is 0 Å². The van der Waals surface area contributed by atoms with Crippen LogP contribution in [-0.2, 0) is 4.79 Å². The second-order valence-electron chi connectivity index (χ2n) is 4.44. The Bertz CT molecular complexity index is 499. The minimum Gasteiger partial charge on any atom is -0.479 e. The van der Waals surface area contributed by atoms with Crippen LogP contribution in [0.25, 0.3) is 0 Å². The van der Waals surface area contributed by atoms with Gasteiger partial charge < -0.3 is 15.5 Å². The molecule has 1 rings (SSSR count). The first kappa shape index (κ1) is 15.5. The average molecular weight is 283 g/mol. The number of thioether (sulfide) groups is 1. The Kier molecular flexibility index (Phi) is 4.97. The minimum absolute atomic E-state index is 0.343. The minimum atomic E-state index is -1.97. The number of carboxylic acids is 1. The Morgan fingerprint density at radius 3 is 2.58 bits per heavy atom. The Labute approximate surface area is 116 Å². The van der Waals surface area contributed by atoms with E-state index in [-0.39, 0.29) is 6.54 Å². The maximum absolute atomic E-state index is 12.0. The first-order valence-corrected chi connectivity index (χ1v) is 6.89. The number of aliphatic hydroxyl groups is 1. The van der Waals surface area contributed by atoms with E-state index in [1.165, 1.54) is 11.8 Å². The zero-order valence-corrected chi connectivity index (χ0v) is 11.9. The first-order valence-electron chi connectivity index (χ1n) is 5.66. The van der Waals surface area contributed by atoms with Gasteiger partial charge in [-0.05, 0) is 37.8 Å². The predicted molar refractivity (Wildman–Crippen MR) is 73.6 cm³/mol. The van der Waals surface area contributed by atoms with Crippen LogP contribution >= 0.6 is 11.8 Å². The van der Waals surface area contributed by atoms with Gasteiger partial charge >= 0.3 is 5.97 Å². The first-order chi connectivity index (χ1) is 8.77. The molecule has 1 unspecified atom stereocenters. The summed E-state index contributed by atoms with van der Waals surface area (Å²) in [5.41, 5.74) is -0.695. The SMILES string of the molecule is CSc1ccc(C)c(C(=O)NCC(C)(O)C(=O)O)c1. The van der Waals surface area contributed by atoms with Gasteiger partial charge in [-0.1, -0.05) is 6.07 Å². The predicted octanol–water partition coefficient (Wildman–Crippen LogP) is 1.28. The molecule has 3 N–H and O–H groups in total. The summed E-state index contributed by atoms with van der Waals surface area (Å²) < 4.78 is 0. The van der Waals surface area contributed by atoms with E-state index >= 15 is 0 Å². The number of hydrogen-bond donors (Lipinski definition) is 3. The summed E-state index contributed by atoms with van der Waals surface area (Å²) in [6.45, 7) is 2.60. The van der Waals surface area contributed by atoms with Crippen molar-refractivity contribution in [3.63, 3.8) is 0 Å². The summed E-state index contributed by atoms with van der Waals surface area (Å²) >= 11 is 1.51. The Balaban J connectivity index is 2.82. The highest BCUT2D eigenvalue weighted by molar-refractivity contribution is 7.98. The van der Waals surface area contributed by atoms with Crippen molar-refractivity contribution in [2.24, 2.45) is 0 Å². The van der Waals surface area contributed by atoms with E-state index in [9.17, 15) is 14.7 Å². The zero-order valence-electron chi connectivity index (χ0n) is 11.1. The number of carboxylic acid groups (broad SMARTS) is 1. The van der Waals surface area contributed by atoms with Gasteiger partial charge in [-0.2, -0.15) is 0 Å². The van der Waals surface area contributed by atoms with Gasteiger partial charge in [-0.3, -0.25) is 4.79 Å². The van der Waals surface area contributed by atoms with Crippen molar-refractivity contribution >= 4 is 23.6 Å². The van der Waals surface area contributed by atoms with Gasteiger partial charge in [0.2, 0.25) is 0 Å². The number of carbonyl (C=O) groups excluding carboxylic acids is 1. The molecule has 1 atom stereocenters. The number of rotatable bonds is 5. The van der Waals surface area contributed by atoms with Crippen molar-refractivity contribution in [1.29, 1.82) is 0 Å². The van der Waals surface area contributed by atoms with Crippen LogP contribution in [0.15, 0.2) is 23.1 Å². The fourth-order valence-corrected chi connectivity index (χ4v) is 1.84. The molecule has 5 nitrogen and oxygen atoms in total. The van der Waals surface area contributed by atoms with Crippen LogP contribution in [0.5, 0.6) is 0 Å². The fourth-order valence-electron chi connectivity index (χ4n) is 1.40. The smallest absolute Gasteiger partial charge is 0.337 e. The molecule has 19 heavy (non-hydrogen) atoms. The van der Waals surface area contributed by atoms with E-state index in [4.69, 9.17) is 5.11 Å². The molecule has 0 saturated carbocycles. The lowest BCUT2D eigenvalue weighted by atomic mass is 10.1. The molecule has 104 valence electrons. The molecule has 0 fully saturated rings. The number of hydrogen-bond acceptors (Lipinski definition) is 4. The Morgan fingerprint density at radius 2 is 2.05 bits per heavy atom. The second kappa shape index (κ2) is 6.08. The maximum atomic E-state index is 12.0. The molecule has 0 spiro atoms. The van der Waals surface area contributed by atoms with Gasteiger partial charge in [0.15, 0.2) is 5.60 Å². The van der Waals surface area contributed by atoms with Crippen LogP contribution in [0.2, 0.25) is 0 Å². The second-order valence-corrected chi connectivity index (χ2v) is 5.32. The van der Waals surface area contributed by atoms with Crippen LogP contribution in [0, 0.1) is 6.92 Å². The van der Waals surface area contributed by atoms with Crippen molar-refractivity contribution in [2.45, 2.75) is 24.3 Å². The summed E-state index contributed by atoms with van der Waals surface area (Å²) in [6.07, 6.45) is 1.90. The van der Waals surface area contributed by atoms with Gasteiger partial charge in [-0.15, -0.1) is 11.8 Å². The van der Waals surface area contributed by atoms with Gasteiger partial charge in [0.05, 0.1) is 6.54 Å². The van der Waals surface area contributed by atoms with Crippen LogP contribution < -0.4 is 5.32 Å². The lowest BCUT2D eigenvalue weighted by molar-refractivity contribution is -0.155. The molecule has 0 saturated heterocycles. The third-order valence-corrected chi connectivity index (χ3v) is 3.47. The van der Waals surface area contributed by atoms with E-state index in [2.05, 4.69) is 5.32 Å². The summed E-state index contributed by atoms with van der Waals surface area (Å²) in [5.74, 6) is -1.77. The van der Waals surface area contributed by atoms with Gasteiger partial charge in [0, 0.05) is 10.5 Å². The topological polar surface area (TPSA) is 86.6 Å². The summed E-state index contributed by atoms with van der Waals surface area (Å²) in [4.78, 5) is 23.7. The molecule has 0 aromatic heterocycles. The fraction of sp³-hybridized carbons (Fsp3) is 0.385. The molecule has 0 aliphatic rings. The molecule has 0 aliphatic carbocycles. The van der Waals surface area contributed by atoms with E-state index in [0.717, 1.165) is 17.4 Å². The Morgan fingerprint density at radius 1 is 1.42 bits per heavy atom. The highest BCUT2D eigenvalue weighted by atomic mass is 32.2. The van der Waals surface area contributed by atoms with Gasteiger partial charge in [0.1, 0.15) is 0 Å². The van der Waals surface area contributed by atoms with Crippen LogP contribution in [0.4, 0.5) is 0 Å². The number of nitrogens with one attached hydrogen (secondary N) is 1. The summed E-state index contributed by atoms with van der Waals surface area (Å²) in [5, 5.41) is 20.7. The van der Waals surface area contributed by atoms with Crippen LogP contribution in [0.1, 0.15) is 22.8 Å². The third-order valence-electron chi connectivity index (χ3n) is 2.74. The molecule has 0 bridgehead atoms.